The zero-order valence-corrected chi connectivity index (χ0v) is 30.5. The number of anilines is 6. The summed E-state index contributed by atoms with van der Waals surface area (Å²) in [5.74, 6) is 0. The lowest BCUT2D eigenvalue weighted by molar-refractivity contribution is 0.660. The summed E-state index contributed by atoms with van der Waals surface area (Å²) in [5, 5.41) is 4.40. The first-order chi connectivity index (χ1) is 27.0. The Morgan fingerprint density at radius 3 is 1.16 bits per heavy atom. The molecule has 0 saturated carbocycles. The fourth-order valence-corrected chi connectivity index (χ4v) is 8.75. The first-order valence-electron chi connectivity index (χ1n) is 18.8. The van der Waals surface area contributed by atoms with Crippen LogP contribution in [-0.4, -0.2) is 0 Å². The summed E-state index contributed by atoms with van der Waals surface area (Å²) in [5.41, 5.74) is 15.1. The minimum absolute atomic E-state index is 0.253. The van der Waals surface area contributed by atoms with Gasteiger partial charge in [-0.15, -0.1) is 0 Å². The molecule has 10 aromatic rings. The van der Waals surface area contributed by atoms with Crippen molar-refractivity contribution in [2.45, 2.75) is 19.3 Å². The first-order valence-corrected chi connectivity index (χ1v) is 18.8. The van der Waals surface area contributed by atoms with Gasteiger partial charge >= 0.3 is 0 Å². The van der Waals surface area contributed by atoms with Crippen LogP contribution >= 0.6 is 0 Å². The predicted molar refractivity (Wildman–Crippen MR) is 228 cm³/mol. The molecule has 8 aromatic carbocycles. The summed E-state index contributed by atoms with van der Waals surface area (Å²) in [6.07, 6.45) is 0. The molecule has 2 heterocycles. The van der Waals surface area contributed by atoms with Crippen molar-refractivity contribution in [1.29, 1.82) is 0 Å². The molecule has 0 unspecified atom stereocenters. The second-order valence-corrected chi connectivity index (χ2v) is 15.0. The van der Waals surface area contributed by atoms with Gasteiger partial charge in [-0.05, 0) is 119 Å². The Bertz CT molecular complexity index is 2930. The molecule has 55 heavy (non-hydrogen) atoms. The van der Waals surface area contributed by atoms with Crippen LogP contribution in [0, 0.1) is 0 Å². The third-order valence-corrected chi connectivity index (χ3v) is 11.4. The molecule has 0 saturated heterocycles. The van der Waals surface area contributed by atoms with Gasteiger partial charge in [0.05, 0.1) is 0 Å². The van der Waals surface area contributed by atoms with Gasteiger partial charge in [0.15, 0.2) is 0 Å². The Kier molecular flexibility index (Phi) is 6.86. The number of nitrogens with zero attached hydrogens (tertiary/aromatic N) is 2. The van der Waals surface area contributed by atoms with Crippen molar-refractivity contribution in [3.63, 3.8) is 0 Å². The van der Waals surface area contributed by atoms with E-state index in [4.69, 9.17) is 8.83 Å². The monoisotopic (exact) mass is 708 g/mol. The van der Waals surface area contributed by atoms with E-state index in [0.717, 1.165) is 78.0 Å². The third kappa shape index (κ3) is 4.92. The predicted octanol–water partition coefficient (Wildman–Crippen LogP) is 14.7. The SMILES string of the molecule is CC1(C)c2cc(N(c3ccccc3)c3ccccc3)ccc2-c2ccc(N(c3ccc4oc5ccccc5c4c3)c3ccc4oc5ccccc5c4c3)cc21. The van der Waals surface area contributed by atoms with E-state index in [0.29, 0.717) is 0 Å². The Morgan fingerprint density at radius 2 is 0.691 bits per heavy atom. The molecule has 262 valence electrons. The van der Waals surface area contributed by atoms with Crippen LogP contribution in [0.2, 0.25) is 0 Å². The standard InChI is InChI=1S/C51H36N2O2/c1-51(2)45-31-37(52(33-13-5-3-6-14-33)34-15-7-4-8-16-34)21-25-39(45)40-26-22-38(32-46(40)51)53(35-23-27-49-43(29-35)41-17-9-11-19-47(41)54-49)36-24-28-50-44(30-36)42-18-10-12-20-48(42)55-50/h3-32H,1-2H3. The van der Waals surface area contributed by atoms with Crippen molar-refractivity contribution in [1.82, 2.24) is 0 Å². The van der Waals surface area contributed by atoms with Crippen LogP contribution in [0.1, 0.15) is 25.0 Å². The van der Waals surface area contributed by atoms with Gasteiger partial charge in [-0.25, -0.2) is 0 Å². The van der Waals surface area contributed by atoms with E-state index in [-0.39, 0.29) is 5.41 Å². The number of hydrogen-bond donors (Lipinski definition) is 0. The zero-order valence-electron chi connectivity index (χ0n) is 30.5. The van der Waals surface area contributed by atoms with Crippen LogP contribution in [0.15, 0.2) is 191 Å². The van der Waals surface area contributed by atoms with E-state index in [1.165, 1.54) is 22.3 Å². The zero-order chi connectivity index (χ0) is 36.7. The quantitative estimate of drug-likeness (QED) is 0.172. The van der Waals surface area contributed by atoms with Crippen molar-refractivity contribution >= 4 is 78.0 Å². The van der Waals surface area contributed by atoms with Gasteiger partial charge in [0.25, 0.3) is 0 Å². The van der Waals surface area contributed by atoms with Crippen molar-refractivity contribution in [3.8, 4) is 11.1 Å². The van der Waals surface area contributed by atoms with Crippen molar-refractivity contribution in [3.05, 3.63) is 193 Å². The van der Waals surface area contributed by atoms with Crippen LogP contribution in [0.25, 0.3) is 55.0 Å². The van der Waals surface area contributed by atoms with E-state index in [1.807, 2.05) is 24.3 Å². The van der Waals surface area contributed by atoms with Gasteiger partial charge in [-0.3, -0.25) is 0 Å². The van der Waals surface area contributed by atoms with Crippen LogP contribution in [0.3, 0.4) is 0 Å². The van der Waals surface area contributed by atoms with E-state index in [1.54, 1.807) is 0 Å². The largest absolute Gasteiger partial charge is 0.456 e. The highest BCUT2D eigenvalue weighted by Gasteiger charge is 2.37. The Balaban J connectivity index is 1.07. The average Bonchev–Trinajstić information content (AvgIpc) is 3.86. The fourth-order valence-electron chi connectivity index (χ4n) is 8.75. The van der Waals surface area contributed by atoms with Gasteiger partial charge in [0, 0.05) is 61.1 Å². The minimum atomic E-state index is -0.253. The van der Waals surface area contributed by atoms with E-state index in [2.05, 4.69) is 181 Å². The number of furan rings is 2. The molecule has 0 aliphatic heterocycles. The number of para-hydroxylation sites is 4. The van der Waals surface area contributed by atoms with Gasteiger partial charge in [0.1, 0.15) is 22.3 Å². The molecular formula is C51H36N2O2. The van der Waals surface area contributed by atoms with E-state index >= 15 is 0 Å². The molecule has 0 fully saturated rings. The summed E-state index contributed by atoms with van der Waals surface area (Å²) < 4.78 is 12.5. The Labute approximate surface area is 319 Å². The summed E-state index contributed by atoms with van der Waals surface area (Å²) >= 11 is 0. The molecule has 0 atom stereocenters. The lowest BCUT2D eigenvalue weighted by atomic mass is 9.82. The second-order valence-electron chi connectivity index (χ2n) is 15.0. The normalized spacial score (nSPS) is 13.1. The van der Waals surface area contributed by atoms with Crippen molar-refractivity contribution in [2.75, 3.05) is 9.80 Å². The molecule has 0 spiro atoms. The third-order valence-electron chi connectivity index (χ3n) is 11.4. The molecular weight excluding hydrogens is 673 g/mol. The summed E-state index contributed by atoms with van der Waals surface area (Å²) in [4.78, 5) is 4.72. The van der Waals surface area contributed by atoms with E-state index in [9.17, 15) is 0 Å². The fraction of sp³-hybridized carbons (Fsp3) is 0.0588. The highest BCUT2D eigenvalue weighted by molar-refractivity contribution is 6.08. The lowest BCUT2D eigenvalue weighted by Crippen LogP contribution is -2.17. The molecule has 2 aromatic heterocycles. The molecule has 11 rings (SSSR count). The number of rotatable bonds is 6. The molecule has 1 aliphatic rings. The molecule has 0 radical (unpaired) electrons. The van der Waals surface area contributed by atoms with Crippen LogP contribution in [-0.2, 0) is 5.41 Å². The van der Waals surface area contributed by atoms with Gasteiger partial charge in [0.2, 0.25) is 0 Å². The number of benzene rings is 8. The maximum Gasteiger partial charge on any atom is 0.135 e. The molecule has 0 N–H and O–H groups in total. The average molecular weight is 709 g/mol. The van der Waals surface area contributed by atoms with Crippen molar-refractivity contribution < 1.29 is 8.83 Å². The highest BCUT2D eigenvalue weighted by Crippen LogP contribution is 2.53. The molecule has 0 amide bonds. The molecule has 4 heteroatoms. The van der Waals surface area contributed by atoms with Crippen LogP contribution < -0.4 is 9.80 Å². The Morgan fingerprint density at radius 1 is 0.327 bits per heavy atom. The summed E-state index contributed by atoms with van der Waals surface area (Å²) in [6, 6.07) is 64.8. The van der Waals surface area contributed by atoms with Crippen LogP contribution in [0.4, 0.5) is 34.1 Å². The number of hydrogen-bond acceptors (Lipinski definition) is 4. The first kappa shape index (κ1) is 31.5. The van der Waals surface area contributed by atoms with Gasteiger partial charge in [-0.2, -0.15) is 0 Å². The summed E-state index contributed by atoms with van der Waals surface area (Å²) in [7, 11) is 0. The smallest absolute Gasteiger partial charge is 0.135 e. The van der Waals surface area contributed by atoms with Crippen LogP contribution in [0.5, 0.6) is 0 Å². The second kappa shape index (κ2) is 12.0. The number of fused-ring (bicyclic) bond motifs is 9. The maximum absolute atomic E-state index is 6.27. The minimum Gasteiger partial charge on any atom is -0.456 e. The van der Waals surface area contributed by atoms with Gasteiger partial charge < -0.3 is 18.6 Å². The maximum atomic E-state index is 6.27. The highest BCUT2D eigenvalue weighted by atomic mass is 16.3. The molecule has 0 bridgehead atoms. The molecule has 1 aliphatic carbocycles. The van der Waals surface area contributed by atoms with Gasteiger partial charge in [-0.1, -0.05) is 98.8 Å². The Hall–Kier alpha value is -7.04. The summed E-state index contributed by atoms with van der Waals surface area (Å²) in [6.45, 7) is 4.72. The lowest BCUT2D eigenvalue weighted by Gasteiger charge is -2.29. The van der Waals surface area contributed by atoms with Crippen molar-refractivity contribution in [2.24, 2.45) is 0 Å². The topological polar surface area (TPSA) is 32.8 Å². The van der Waals surface area contributed by atoms with E-state index < -0.39 is 0 Å². The molecule has 4 nitrogen and oxygen atoms in total.